The molecular formula is C22H27N3O4S2. The van der Waals surface area contributed by atoms with E-state index in [1.54, 1.807) is 0 Å². The van der Waals surface area contributed by atoms with Gasteiger partial charge in [0.1, 0.15) is 22.0 Å². The van der Waals surface area contributed by atoms with Crippen LogP contribution >= 0.6 is 11.3 Å². The molecule has 2 amide bonds. The van der Waals surface area contributed by atoms with E-state index >= 15 is 0 Å². The smallest absolute Gasteiger partial charge is 0.361 e. The maximum absolute atomic E-state index is 12.8. The van der Waals surface area contributed by atoms with Gasteiger partial charge in [-0.1, -0.05) is 17.4 Å². The summed E-state index contributed by atoms with van der Waals surface area (Å²) < 4.78 is 27.5. The first-order chi connectivity index (χ1) is 14.7. The van der Waals surface area contributed by atoms with Gasteiger partial charge in [0, 0.05) is 5.69 Å². The first kappa shape index (κ1) is 21.2. The van der Waals surface area contributed by atoms with Crippen molar-refractivity contribution in [3.63, 3.8) is 0 Å². The van der Waals surface area contributed by atoms with E-state index in [9.17, 15) is 9.35 Å². The summed E-state index contributed by atoms with van der Waals surface area (Å²) in [6.45, 7) is 5.99. The second-order valence-electron chi connectivity index (χ2n) is 9.06. The summed E-state index contributed by atoms with van der Waals surface area (Å²) in [6, 6.07) is 1.87. The lowest BCUT2D eigenvalue weighted by molar-refractivity contribution is -0.159. The first-order valence-corrected chi connectivity index (χ1v) is 12.7. The van der Waals surface area contributed by atoms with Crippen molar-refractivity contribution >= 4 is 34.4 Å². The molecule has 3 aliphatic rings. The van der Waals surface area contributed by atoms with E-state index in [2.05, 4.69) is 21.1 Å². The van der Waals surface area contributed by atoms with E-state index in [-0.39, 0.29) is 0 Å². The number of carbonyl (C=O) groups is 1. The largest absolute Gasteiger partial charge is 0.587 e. The number of rotatable bonds is 4. The molecule has 2 aromatic rings. The molecule has 166 valence electrons. The predicted molar refractivity (Wildman–Crippen MR) is 120 cm³/mol. The Morgan fingerprint density at radius 1 is 1.16 bits per heavy atom. The Balaban J connectivity index is 1.29. The number of nitrogens with zero attached hydrogens (tertiary/aromatic N) is 1. The molecule has 1 aliphatic heterocycles. The Hall–Kier alpha value is -1.65. The van der Waals surface area contributed by atoms with Crippen molar-refractivity contribution in [2.45, 2.75) is 74.9 Å². The van der Waals surface area contributed by atoms with Gasteiger partial charge < -0.3 is 19.3 Å². The van der Waals surface area contributed by atoms with Gasteiger partial charge in [0.2, 0.25) is 0 Å². The Kier molecular flexibility index (Phi) is 5.29. The molecule has 1 aromatic carbocycles. The average molecular weight is 462 g/mol. The number of aryl methyl sites for hydroxylation is 2. The maximum atomic E-state index is 12.8. The number of amides is 2. The summed E-state index contributed by atoms with van der Waals surface area (Å²) >= 11 is -0.435. The number of anilines is 1. The van der Waals surface area contributed by atoms with E-state index in [0.29, 0.717) is 15.8 Å². The summed E-state index contributed by atoms with van der Waals surface area (Å²) in [6.07, 6.45) is 7.86. The predicted octanol–water partition coefficient (Wildman–Crippen LogP) is 3.96. The molecule has 1 fully saturated rings. The Morgan fingerprint density at radius 2 is 1.84 bits per heavy atom. The van der Waals surface area contributed by atoms with Crippen molar-refractivity contribution in [1.29, 1.82) is 0 Å². The number of fused-ring (bicyclic) bond motifs is 2. The van der Waals surface area contributed by atoms with Crippen molar-refractivity contribution in [2.75, 3.05) is 11.9 Å². The zero-order valence-electron chi connectivity index (χ0n) is 18.0. The van der Waals surface area contributed by atoms with Crippen molar-refractivity contribution in [3.05, 3.63) is 39.5 Å². The van der Waals surface area contributed by atoms with E-state index in [1.807, 2.05) is 20.8 Å². The maximum Gasteiger partial charge on any atom is 0.361 e. The highest BCUT2D eigenvalue weighted by Crippen LogP contribution is 2.41. The van der Waals surface area contributed by atoms with Crippen LogP contribution in [0.5, 0.6) is 0 Å². The molecule has 7 nitrogen and oxygen atoms in total. The highest BCUT2D eigenvalue weighted by Gasteiger charge is 2.45. The molecule has 1 unspecified atom stereocenters. The number of hydrogen-bond acceptors (Lipinski definition) is 6. The normalized spacial score (nSPS) is 24.6. The fraction of sp³-hybridized carbons (Fsp3) is 0.545. The number of nitrogens with one attached hydrogen (secondary N) is 2. The number of aromatic nitrogens is 1. The highest BCUT2D eigenvalue weighted by atomic mass is 32.2. The molecule has 1 saturated heterocycles. The van der Waals surface area contributed by atoms with Crippen molar-refractivity contribution in [2.24, 2.45) is 0 Å². The molecule has 2 aliphatic carbocycles. The number of thiazole rings is 1. The summed E-state index contributed by atoms with van der Waals surface area (Å²) in [5, 5.41) is 3.70. The van der Waals surface area contributed by atoms with Gasteiger partial charge >= 0.3 is 6.03 Å². The lowest BCUT2D eigenvalue weighted by atomic mass is 9.99. The first-order valence-electron chi connectivity index (χ1n) is 10.7. The third-order valence-electron chi connectivity index (χ3n) is 6.18. The zero-order chi connectivity index (χ0) is 21.8. The van der Waals surface area contributed by atoms with Gasteiger partial charge in [-0.05, 0) is 81.5 Å². The molecule has 5 rings (SSSR count). The number of urea groups is 1. The number of carbonyl (C=O) groups excluding carboxylic acids is 1. The standard InChI is InChI=1S/C22H27N3O4S2/c1-21(2)28-12-22(3,29-21)19-23-11-17(30-19)31(27)25-20(26)24-18-15-8-4-6-13(15)10-14-7-5-9-16(14)18/h10-11H,4-9,12H2,1-3H3,(H2,24,25,26)/t22?,31-/m0/s1. The number of benzene rings is 1. The van der Waals surface area contributed by atoms with Gasteiger partial charge in [0.25, 0.3) is 4.21 Å². The van der Waals surface area contributed by atoms with Crippen LogP contribution in [0.1, 0.15) is 60.9 Å². The third kappa shape index (κ3) is 3.98. The van der Waals surface area contributed by atoms with E-state index in [0.717, 1.165) is 44.2 Å². The van der Waals surface area contributed by atoms with Crippen LogP contribution < -0.4 is 10.0 Å². The second kappa shape index (κ2) is 7.74. The zero-order valence-corrected chi connectivity index (χ0v) is 19.6. The van der Waals surface area contributed by atoms with E-state index < -0.39 is 28.8 Å². The fourth-order valence-electron chi connectivity index (χ4n) is 4.85. The van der Waals surface area contributed by atoms with Gasteiger partial charge in [-0.2, -0.15) is 0 Å². The van der Waals surface area contributed by atoms with Crippen molar-refractivity contribution < 1.29 is 18.8 Å². The molecule has 2 N–H and O–H groups in total. The SMILES string of the molecule is CC1(C)OCC(C)(c2ncc([S@+]([O-])NC(=O)Nc3c4c(cc5c3CCC5)CCC4)s2)O1. The molecule has 0 radical (unpaired) electrons. The summed E-state index contributed by atoms with van der Waals surface area (Å²) in [4.78, 5) is 17.1. The van der Waals surface area contributed by atoms with Gasteiger partial charge in [0.05, 0.1) is 12.8 Å². The lowest BCUT2D eigenvalue weighted by Gasteiger charge is -2.22. The van der Waals surface area contributed by atoms with E-state index in [4.69, 9.17) is 9.47 Å². The van der Waals surface area contributed by atoms with E-state index in [1.165, 1.54) is 39.8 Å². The Labute approximate surface area is 189 Å². The third-order valence-corrected chi connectivity index (χ3v) is 8.77. The number of hydrogen-bond donors (Lipinski definition) is 2. The van der Waals surface area contributed by atoms with Gasteiger partial charge in [0.15, 0.2) is 5.79 Å². The van der Waals surface area contributed by atoms with Crippen LogP contribution in [0.3, 0.4) is 0 Å². The molecule has 31 heavy (non-hydrogen) atoms. The molecular weight excluding hydrogens is 434 g/mol. The average Bonchev–Trinajstić information content (AvgIpc) is 3.47. The topological polar surface area (TPSA) is 95.5 Å². The van der Waals surface area contributed by atoms with Crippen LogP contribution in [0.2, 0.25) is 0 Å². The molecule has 2 heterocycles. The minimum Gasteiger partial charge on any atom is -0.587 e. The summed E-state index contributed by atoms with van der Waals surface area (Å²) in [5.41, 5.74) is 5.43. The highest BCUT2D eigenvalue weighted by molar-refractivity contribution is 7.92. The van der Waals surface area contributed by atoms with Crippen LogP contribution in [0.4, 0.5) is 10.5 Å². The van der Waals surface area contributed by atoms with Gasteiger partial charge in [-0.25, -0.2) is 9.78 Å². The number of ether oxygens (including phenoxy) is 2. The quantitative estimate of drug-likeness (QED) is 0.672. The fourth-order valence-corrected chi connectivity index (χ4v) is 6.70. The lowest BCUT2D eigenvalue weighted by Crippen LogP contribution is -2.34. The Morgan fingerprint density at radius 3 is 2.45 bits per heavy atom. The van der Waals surface area contributed by atoms with Gasteiger partial charge in [-0.3, -0.25) is 0 Å². The van der Waals surface area contributed by atoms with Crippen molar-refractivity contribution in [3.8, 4) is 0 Å². The van der Waals surface area contributed by atoms with Gasteiger partial charge in [-0.15, -0.1) is 4.72 Å². The monoisotopic (exact) mass is 461 g/mol. The molecule has 9 heteroatoms. The van der Waals surface area contributed by atoms with Crippen LogP contribution in [-0.4, -0.2) is 28.0 Å². The minimum absolute atomic E-state index is 0.373. The van der Waals surface area contributed by atoms with Crippen LogP contribution in [0.15, 0.2) is 16.5 Å². The molecule has 0 bridgehead atoms. The Bertz CT molecular complexity index is 1010. The van der Waals surface area contributed by atoms with Crippen LogP contribution in [0.25, 0.3) is 0 Å². The summed E-state index contributed by atoms with van der Waals surface area (Å²) in [7, 11) is 0. The minimum atomic E-state index is -1.70. The summed E-state index contributed by atoms with van der Waals surface area (Å²) in [5.74, 6) is -0.686. The molecule has 1 aromatic heterocycles. The molecule has 0 saturated carbocycles. The molecule has 2 atom stereocenters. The van der Waals surface area contributed by atoms with Crippen LogP contribution in [-0.2, 0) is 52.1 Å². The second-order valence-corrected chi connectivity index (χ2v) is 11.5. The van der Waals surface area contributed by atoms with Crippen LogP contribution in [0, 0.1) is 0 Å². The van der Waals surface area contributed by atoms with Crippen molar-refractivity contribution in [1.82, 2.24) is 9.71 Å². The molecule has 0 spiro atoms.